The first-order valence-electron chi connectivity index (χ1n) is 5.58. The number of hydrogen-bond donors (Lipinski definition) is 1. The van der Waals surface area contributed by atoms with Crippen LogP contribution in [0.4, 0.5) is 0 Å². The standard InChI is InChI=1S/C11H16N2O2S/c1-2-9-10(16-7-12-9)11(15)13-4-3-8(5-13)6-14/h7-8,14H,2-6H2,1H3. The monoisotopic (exact) mass is 240 g/mol. The lowest BCUT2D eigenvalue weighted by Crippen LogP contribution is -2.29. The molecule has 1 aromatic rings. The molecule has 2 heterocycles. The molecular formula is C11H16N2O2S. The second-order valence-electron chi connectivity index (χ2n) is 4.07. The summed E-state index contributed by atoms with van der Waals surface area (Å²) >= 11 is 1.41. The molecule has 0 aliphatic carbocycles. The molecule has 0 radical (unpaired) electrons. The molecule has 1 aromatic heterocycles. The molecule has 1 saturated heterocycles. The van der Waals surface area contributed by atoms with E-state index >= 15 is 0 Å². The first-order valence-corrected chi connectivity index (χ1v) is 6.46. The molecule has 1 atom stereocenters. The predicted molar refractivity (Wildman–Crippen MR) is 62.6 cm³/mol. The van der Waals surface area contributed by atoms with Crippen molar-refractivity contribution in [1.29, 1.82) is 0 Å². The van der Waals surface area contributed by atoms with Gasteiger partial charge in [-0.2, -0.15) is 0 Å². The van der Waals surface area contributed by atoms with Crippen molar-refractivity contribution in [3.8, 4) is 0 Å². The Balaban J connectivity index is 2.08. The van der Waals surface area contributed by atoms with Crippen LogP contribution in [0.1, 0.15) is 28.7 Å². The number of hydrogen-bond acceptors (Lipinski definition) is 4. The van der Waals surface area contributed by atoms with Gasteiger partial charge in [-0.05, 0) is 12.8 Å². The molecule has 1 amide bonds. The van der Waals surface area contributed by atoms with Gasteiger partial charge in [0, 0.05) is 25.6 Å². The van der Waals surface area contributed by atoms with Gasteiger partial charge in [0.15, 0.2) is 0 Å². The van der Waals surface area contributed by atoms with E-state index in [1.807, 2.05) is 11.8 Å². The second-order valence-corrected chi connectivity index (χ2v) is 4.92. The van der Waals surface area contributed by atoms with Gasteiger partial charge in [-0.3, -0.25) is 4.79 Å². The molecule has 16 heavy (non-hydrogen) atoms. The van der Waals surface area contributed by atoms with Crippen molar-refractivity contribution in [2.45, 2.75) is 19.8 Å². The SMILES string of the molecule is CCc1ncsc1C(=O)N1CCC(CO)C1. The average Bonchev–Trinajstić information content (AvgIpc) is 2.96. The molecule has 0 spiro atoms. The van der Waals surface area contributed by atoms with Gasteiger partial charge < -0.3 is 10.0 Å². The van der Waals surface area contributed by atoms with E-state index < -0.39 is 0 Å². The zero-order chi connectivity index (χ0) is 11.5. The third-order valence-electron chi connectivity index (χ3n) is 3.00. The average molecular weight is 240 g/mol. The molecule has 2 rings (SSSR count). The molecule has 1 aliphatic rings. The Morgan fingerprint density at radius 1 is 1.75 bits per heavy atom. The van der Waals surface area contributed by atoms with Gasteiger partial charge in [0.05, 0.1) is 11.2 Å². The number of carbonyl (C=O) groups is 1. The van der Waals surface area contributed by atoms with Crippen molar-refractivity contribution in [3.05, 3.63) is 16.1 Å². The lowest BCUT2D eigenvalue weighted by atomic mass is 10.1. The first-order chi connectivity index (χ1) is 7.76. The number of thiazole rings is 1. The van der Waals surface area contributed by atoms with Crippen LogP contribution in [0, 0.1) is 5.92 Å². The molecule has 88 valence electrons. The number of aryl methyl sites for hydroxylation is 1. The van der Waals surface area contributed by atoms with Gasteiger partial charge in [0.1, 0.15) is 4.88 Å². The fraction of sp³-hybridized carbons (Fsp3) is 0.636. The van der Waals surface area contributed by atoms with Crippen LogP contribution in [-0.4, -0.2) is 40.6 Å². The van der Waals surface area contributed by atoms with Crippen molar-refractivity contribution in [2.24, 2.45) is 5.92 Å². The number of aliphatic hydroxyl groups is 1. The molecule has 1 N–H and O–H groups in total. The Bertz CT molecular complexity index is 378. The van der Waals surface area contributed by atoms with Crippen LogP contribution < -0.4 is 0 Å². The summed E-state index contributed by atoms with van der Waals surface area (Å²) in [5.74, 6) is 0.331. The number of likely N-dealkylation sites (tertiary alicyclic amines) is 1. The van der Waals surface area contributed by atoms with Gasteiger partial charge in [-0.15, -0.1) is 11.3 Å². The minimum Gasteiger partial charge on any atom is -0.396 e. The summed E-state index contributed by atoms with van der Waals surface area (Å²) in [6.45, 7) is 3.61. The van der Waals surface area contributed by atoms with E-state index in [2.05, 4.69) is 4.98 Å². The molecular weight excluding hydrogens is 224 g/mol. The largest absolute Gasteiger partial charge is 0.396 e. The van der Waals surface area contributed by atoms with Crippen molar-refractivity contribution in [2.75, 3.05) is 19.7 Å². The van der Waals surface area contributed by atoms with E-state index in [9.17, 15) is 4.79 Å². The number of rotatable bonds is 3. The Hall–Kier alpha value is -0.940. The molecule has 1 unspecified atom stereocenters. The van der Waals surface area contributed by atoms with Crippen molar-refractivity contribution < 1.29 is 9.90 Å². The minimum absolute atomic E-state index is 0.0790. The fourth-order valence-corrected chi connectivity index (χ4v) is 2.85. The molecule has 1 aliphatic heterocycles. The third kappa shape index (κ3) is 2.10. The van der Waals surface area contributed by atoms with E-state index in [1.54, 1.807) is 5.51 Å². The highest BCUT2D eigenvalue weighted by Gasteiger charge is 2.28. The van der Waals surface area contributed by atoms with Crippen LogP contribution in [0.5, 0.6) is 0 Å². The van der Waals surface area contributed by atoms with Crippen LogP contribution in [0.2, 0.25) is 0 Å². The summed E-state index contributed by atoms with van der Waals surface area (Å²) < 4.78 is 0. The molecule has 0 aromatic carbocycles. The van der Waals surface area contributed by atoms with Gasteiger partial charge in [-0.1, -0.05) is 6.92 Å². The maximum Gasteiger partial charge on any atom is 0.265 e. The highest BCUT2D eigenvalue weighted by Crippen LogP contribution is 2.22. The Labute approximate surface area is 98.9 Å². The van der Waals surface area contributed by atoms with Gasteiger partial charge in [0.25, 0.3) is 5.91 Å². The Kier molecular flexibility index (Phi) is 3.56. The number of amides is 1. The number of nitrogens with zero attached hydrogens (tertiary/aromatic N) is 2. The Morgan fingerprint density at radius 2 is 2.56 bits per heavy atom. The fourth-order valence-electron chi connectivity index (χ4n) is 2.00. The molecule has 5 heteroatoms. The zero-order valence-electron chi connectivity index (χ0n) is 9.35. The van der Waals surface area contributed by atoms with E-state index in [4.69, 9.17) is 5.11 Å². The summed E-state index contributed by atoms with van der Waals surface area (Å²) in [4.78, 5) is 18.9. The summed E-state index contributed by atoms with van der Waals surface area (Å²) in [5.41, 5.74) is 2.62. The van der Waals surface area contributed by atoms with Gasteiger partial charge in [-0.25, -0.2) is 4.98 Å². The smallest absolute Gasteiger partial charge is 0.265 e. The number of aliphatic hydroxyl groups excluding tert-OH is 1. The van der Waals surface area contributed by atoms with Gasteiger partial charge in [0.2, 0.25) is 0 Å². The van der Waals surface area contributed by atoms with Crippen LogP contribution in [0.3, 0.4) is 0 Å². The lowest BCUT2D eigenvalue weighted by molar-refractivity contribution is 0.0785. The Morgan fingerprint density at radius 3 is 3.19 bits per heavy atom. The van der Waals surface area contributed by atoms with Gasteiger partial charge >= 0.3 is 0 Å². The van der Waals surface area contributed by atoms with E-state index in [0.717, 1.165) is 30.0 Å². The quantitative estimate of drug-likeness (QED) is 0.862. The predicted octanol–water partition coefficient (Wildman–Crippen LogP) is 1.16. The van der Waals surface area contributed by atoms with E-state index in [0.29, 0.717) is 6.54 Å². The van der Waals surface area contributed by atoms with E-state index in [1.165, 1.54) is 11.3 Å². The van der Waals surface area contributed by atoms with Crippen LogP contribution in [0.25, 0.3) is 0 Å². The minimum atomic E-state index is 0.0790. The van der Waals surface area contributed by atoms with Crippen molar-refractivity contribution >= 4 is 17.2 Å². The van der Waals surface area contributed by atoms with Crippen molar-refractivity contribution in [3.63, 3.8) is 0 Å². The molecule has 0 bridgehead atoms. The molecule has 1 fully saturated rings. The second kappa shape index (κ2) is 4.93. The highest BCUT2D eigenvalue weighted by atomic mass is 32.1. The van der Waals surface area contributed by atoms with Crippen LogP contribution in [-0.2, 0) is 6.42 Å². The van der Waals surface area contributed by atoms with Crippen LogP contribution in [0.15, 0.2) is 5.51 Å². The normalized spacial score (nSPS) is 20.4. The highest BCUT2D eigenvalue weighted by molar-refractivity contribution is 7.11. The maximum absolute atomic E-state index is 12.2. The maximum atomic E-state index is 12.2. The summed E-state index contributed by atoms with van der Waals surface area (Å²) in [6.07, 6.45) is 1.70. The van der Waals surface area contributed by atoms with E-state index in [-0.39, 0.29) is 18.4 Å². The number of carbonyl (C=O) groups excluding carboxylic acids is 1. The lowest BCUT2D eigenvalue weighted by Gasteiger charge is -2.15. The van der Waals surface area contributed by atoms with Crippen molar-refractivity contribution in [1.82, 2.24) is 9.88 Å². The first kappa shape index (κ1) is 11.5. The summed E-state index contributed by atoms with van der Waals surface area (Å²) in [6, 6.07) is 0. The summed E-state index contributed by atoms with van der Waals surface area (Å²) in [7, 11) is 0. The summed E-state index contributed by atoms with van der Waals surface area (Å²) in [5, 5.41) is 9.05. The topological polar surface area (TPSA) is 53.4 Å². The molecule has 4 nitrogen and oxygen atoms in total. The molecule has 0 saturated carbocycles. The van der Waals surface area contributed by atoms with Crippen LogP contribution >= 0.6 is 11.3 Å². The number of aromatic nitrogens is 1. The third-order valence-corrected chi connectivity index (χ3v) is 3.86. The zero-order valence-corrected chi connectivity index (χ0v) is 10.2.